The fraction of sp³-hybridized carbons (Fsp3) is 0.214. The molecule has 0 spiro atoms. The Morgan fingerprint density at radius 3 is 2.76 bits per heavy atom. The van der Waals surface area contributed by atoms with Crippen LogP contribution in [0.4, 0.5) is 0 Å². The Kier molecular flexibility index (Phi) is 4.22. The first-order chi connectivity index (χ1) is 10.0. The van der Waals surface area contributed by atoms with Gasteiger partial charge in [-0.1, -0.05) is 0 Å². The van der Waals surface area contributed by atoms with Gasteiger partial charge in [-0.3, -0.25) is 9.59 Å². The van der Waals surface area contributed by atoms with E-state index in [1.807, 2.05) is 6.92 Å². The minimum Gasteiger partial charge on any atom is -0.494 e. The highest BCUT2D eigenvalue weighted by molar-refractivity contribution is 6.06. The molecule has 21 heavy (non-hydrogen) atoms. The summed E-state index contributed by atoms with van der Waals surface area (Å²) in [7, 11) is 0. The molecule has 1 heterocycles. The van der Waals surface area contributed by atoms with Crippen LogP contribution in [0.2, 0.25) is 0 Å². The lowest BCUT2D eigenvalue weighted by atomic mass is 10.1. The van der Waals surface area contributed by atoms with E-state index >= 15 is 0 Å². The number of fused-ring (bicyclic) bond motifs is 1. The van der Waals surface area contributed by atoms with Gasteiger partial charge < -0.3 is 19.6 Å². The molecule has 0 unspecified atom stereocenters. The van der Waals surface area contributed by atoms with Crippen LogP contribution in [0.25, 0.3) is 11.0 Å². The smallest absolute Gasteiger partial charge is 0.337 e. The van der Waals surface area contributed by atoms with Crippen LogP contribution in [0.3, 0.4) is 0 Å². The van der Waals surface area contributed by atoms with Gasteiger partial charge in [-0.15, -0.1) is 0 Å². The monoisotopic (exact) mass is 291 g/mol. The normalized spacial score (nSPS) is 10.3. The molecule has 7 heteroatoms. The van der Waals surface area contributed by atoms with E-state index in [2.05, 4.69) is 5.32 Å². The van der Waals surface area contributed by atoms with Gasteiger partial charge in [-0.2, -0.15) is 0 Å². The van der Waals surface area contributed by atoms with Gasteiger partial charge in [0, 0.05) is 17.5 Å². The first-order valence-corrected chi connectivity index (χ1v) is 6.22. The van der Waals surface area contributed by atoms with E-state index in [4.69, 9.17) is 14.3 Å². The highest BCUT2D eigenvalue weighted by Crippen LogP contribution is 2.22. The number of carboxylic acid groups (broad SMARTS) is 1. The maximum atomic E-state index is 11.9. The number of benzene rings is 1. The summed E-state index contributed by atoms with van der Waals surface area (Å²) >= 11 is 0. The molecular weight excluding hydrogens is 278 g/mol. The summed E-state index contributed by atoms with van der Waals surface area (Å²) in [4.78, 5) is 33.9. The number of amides is 1. The van der Waals surface area contributed by atoms with Crippen molar-refractivity contribution < 1.29 is 23.8 Å². The zero-order valence-electron chi connectivity index (χ0n) is 11.2. The zero-order valence-corrected chi connectivity index (χ0v) is 11.2. The highest BCUT2D eigenvalue weighted by atomic mass is 16.5. The van der Waals surface area contributed by atoms with Crippen LogP contribution in [0.5, 0.6) is 5.75 Å². The third-order valence-electron chi connectivity index (χ3n) is 2.67. The molecule has 1 aromatic heterocycles. The summed E-state index contributed by atoms with van der Waals surface area (Å²) < 4.78 is 10.3. The third-order valence-corrected chi connectivity index (χ3v) is 2.67. The fourth-order valence-electron chi connectivity index (χ4n) is 1.84. The van der Waals surface area contributed by atoms with Crippen molar-refractivity contribution in [3.05, 3.63) is 40.2 Å². The summed E-state index contributed by atoms with van der Waals surface area (Å²) in [5.41, 5.74) is -0.434. The van der Waals surface area contributed by atoms with E-state index in [0.29, 0.717) is 17.7 Å². The predicted molar refractivity (Wildman–Crippen MR) is 73.6 cm³/mol. The molecule has 0 bridgehead atoms. The molecule has 2 rings (SSSR count). The van der Waals surface area contributed by atoms with Gasteiger partial charge in [0.1, 0.15) is 17.9 Å². The van der Waals surface area contributed by atoms with E-state index in [1.54, 1.807) is 12.1 Å². The van der Waals surface area contributed by atoms with Crippen LogP contribution < -0.4 is 15.7 Å². The molecule has 2 aromatic rings. The molecule has 110 valence electrons. The lowest BCUT2D eigenvalue weighted by Crippen LogP contribution is -2.30. The van der Waals surface area contributed by atoms with Crippen molar-refractivity contribution in [2.75, 3.05) is 13.2 Å². The molecule has 0 aliphatic rings. The molecule has 0 aliphatic carbocycles. The molecule has 1 amide bonds. The Morgan fingerprint density at radius 1 is 1.33 bits per heavy atom. The van der Waals surface area contributed by atoms with Gasteiger partial charge in [0.05, 0.1) is 12.2 Å². The minimum absolute atomic E-state index is 0.0607. The number of ether oxygens (including phenoxy) is 1. The van der Waals surface area contributed by atoms with Crippen molar-refractivity contribution in [3.8, 4) is 5.75 Å². The number of hydrogen-bond acceptors (Lipinski definition) is 5. The second-order valence-electron chi connectivity index (χ2n) is 4.15. The highest BCUT2D eigenvalue weighted by Gasteiger charge is 2.14. The summed E-state index contributed by atoms with van der Waals surface area (Å²) in [5, 5.41) is 11.2. The Hall–Kier alpha value is -2.83. The molecule has 1 aromatic carbocycles. The predicted octanol–water partition coefficient (Wildman–Crippen LogP) is 1.01. The Morgan fingerprint density at radius 2 is 2.10 bits per heavy atom. The first-order valence-electron chi connectivity index (χ1n) is 6.22. The quantitative estimate of drug-likeness (QED) is 0.796. The van der Waals surface area contributed by atoms with Crippen molar-refractivity contribution in [2.45, 2.75) is 6.92 Å². The van der Waals surface area contributed by atoms with Crippen LogP contribution in [0.15, 0.2) is 33.5 Å². The molecule has 0 saturated heterocycles. The fourth-order valence-corrected chi connectivity index (χ4v) is 1.84. The molecule has 0 aliphatic heterocycles. The van der Waals surface area contributed by atoms with E-state index in [9.17, 15) is 14.4 Å². The van der Waals surface area contributed by atoms with Gasteiger partial charge in [-0.25, -0.2) is 4.79 Å². The van der Waals surface area contributed by atoms with E-state index in [0.717, 1.165) is 6.07 Å². The van der Waals surface area contributed by atoms with Gasteiger partial charge in [0.15, 0.2) is 0 Å². The molecule has 0 saturated carbocycles. The Balaban J connectivity index is 2.45. The van der Waals surface area contributed by atoms with Crippen LogP contribution in [0.1, 0.15) is 17.3 Å². The van der Waals surface area contributed by atoms with Gasteiger partial charge in [0.2, 0.25) is 0 Å². The second-order valence-corrected chi connectivity index (χ2v) is 4.15. The van der Waals surface area contributed by atoms with Crippen molar-refractivity contribution >= 4 is 22.8 Å². The number of carboxylic acids is 1. The number of rotatable bonds is 5. The van der Waals surface area contributed by atoms with Crippen LogP contribution >= 0.6 is 0 Å². The molecule has 7 nitrogen and oxygen atoms in total. The molecule has 0 fully saturated rings. The molecular formula is C14H13NO6. The lowest BCUT2D eigenvalue weighted by molar-refractivity contribution is -0.135. The molecule has 2 N–H and O–H groups in total. The maximum Gasteiger partial charge on any atom is 0.337 e. The molecule has 0 atom stereocenters. The van der Waals surface area contributed by atoms with E-state index < -0.39 is 24.0 Å². The number of carbonyl (C=O) groups is 2. The number of carbonyl (C=O) groups excluding carboxylic acids is 1. The van der Waals surface area contributed by atoms with E-state index in [-0.39, 0.29) is 11.1 Å². The van der Waals surface area contributed by atoms with E-state index in [1.165, 1.54) is 6.07 Å². The first kappa shape index (κ1) is 14.6. The van der Waals surface area contributed by atoms with Gasteiger partial charge >= 0.3 is 11.6 Å². The largest absolute Gasteiger partial charge is 0.494 e. The zero-order chi connectivity index (χ0) is 15.4. The average Bonchev–Trinajstić information content (AvgIpc) is 2.43. The van der Waals surface area contributed by atoms with Crippen molar-refractivity contribution in [2.24, 2.45) is 0 Å². The maximum absolute atomic E-state index is 11.9. The van der Waals surface area contributed by atoms with Gasteiger partial charge in [0.25, 0.3) is 5.91 Å². The second kappa shape index (κ2) is 6.08. The minimum atomic E-state index is -1.17. The number of nitrogens with one attached hydrogen (secondary N) is 1. The molecule has 0 radical (unpaired) electrons. The Bertz CT molecular complexity index is 749. The summed E-state index contributed by atoms with van der Waals surface area (Å²) in [6.07, 6.45) is 0. The third kappa shape index (κ3) is 3.38. The number of hydrogen-bond donors (Lipinski definition) is 2. The van der Waals surface area contributed by atoms with Crippen LogP contribution in [-0.4, -0.2) is 30.1 Å². The van der Waals surface area contributed by atoms with Crippen LogP contribution in [0, 0.1) is 0 Å². The van der Waals surface area contributed by atoms with Crippen molar-refractivity contribution in [1.29, 1.82) is 0 Å². The van der Waals surface area contributed by atoms with Gasteiger partial charge in [-0.05, 0) is 19.1 Å². The summed E-state index contributed by atoms with van der Waals surface area (Å²) in [5.74, 6) is -1.31. The van der Waals surface area contributed by atoms with Crippen molar-refractivity contribution in [1.82, 2.24) is 5.32 Å². The van der Waals surface area contributed by atoms with Crippen LogP contribution in [-0.2, 0) is 4.79 Å². The summed E-state index contributed by atoms with van der Waals surface area (Å²) in [6, 6.07) is 5.76. The Labute approximate surface area is 119 Å². The topological polar surface area (TPSA) is 106 Å². The average molecular weight is 291 g/mol. The summed E-state index contributed by atoms with van der Waals surface area (Å²) in [6.45, 7) is 1.74. The SMILES string of the molecule is CCOc1ccc2c(C(=O)NCC(=O)O)cc(=O)oc2c1. The standard InChI is InChI=1S/C14H13NO6/c1-2-20-8-3-4-9-10(14(19)15-7-12(16)17)6-13(18)21-11(9)5-8/h3-6H,2,7H2,1H3,(H,15,19)(H,16,17). The lowest BCUT2D eigenvalue weighted by Gasteiger charge is -2.07. The van der Waals surface area contributed by atoms with Crippen molar-refractivity contribution in [3.63, 3.8) is 0 Å². The number of aliphatic carboxylic acids is 1.